The zero-order valence-electron chi connectivity index (χ0n) is 15.5. The van der Waals surface area contributed by atoms with E-state index in [4.69, 9.17) is 17.3 Å². The van der Waals surface area contributed by atoms with Gasteiger partial charge >= 0.3 is 0 Å². The standard InChI is InChI=1S/C20H21ClN4O4/c21-14-7-5-13(6-8-14)19(28)23-12-10-18(27)25-16-4-2-1-3-15(16)20(29)24-11-9-17(22)26/h1-8H,9-12H2,(H2,22,26)(H,23,28)(H,24,29)(H,25,27). The van der Waals surface area contributed by atoms with Gasteiger partial charge in [-0.3, -0.25) is 19.2 Å². The molecule has 0 unspecified atom stereocenters. The highest BCUT2D eigenvalue weighted by Crippen LogP contribution is 2.15. The first-order valence-electron chi connectivity index (χ1n) is 8.86. The maximum absolute atomic E-state index is 12.2. The fraction of sp³-hybridized carbons (Fsp3) is 0.200. The van der Waals surface area contributed by atoms with Gasteiger partial charge in [-0.2, -0.15) is 0 Å². The number of rotatable bonds is 9. The molecule has 0 atom stereocenters. The molecule has 0 fully saturated rings. The Balaban J connectivity index is 1.85. The molecule has 0 saturated carbocycles. The fourth-order valence-electron chi connectivity index (χ4n) is 2.39. The van der Waals surface area contributed by atoms with Crippen molar-refractivity contribution < 1.29 is 19.2 Å². The van der Waals surface area contributed by atoms with Crippen LogP contribution in [0.5, 0.6) is 0 Å². The van der Waals surface area contributed by atoms with Crippen LogP contribution in [0.3, 0.4) is 0 Å². The first kappa shape index (κ1) is 21.9. The fourth-order valence-corrected chi connectivity index (χ4v) is 2.52. The first-order chi connectivity index (χ1) is 13.9. The number of nitrogens with two attached hydrogens (primary N) is 1. The Hall–Kier alpha value is -3.39. The highest BCUT2D eigenvalue weighted by molar-refractivity contribution is 6.30. The number of halogens is 1. The van der Waals surface area contributed by atoms with Gasteiger partial charge < -0.3 is 21.7 Å². The van der Waals surface area contributed by atoms with E-state index in [-0.39, 0.29) is 43.3 Å². The van der Waals surface area contributed by atoms with Crippen LogP contribution in [0.1, 0.15) is 33.6 Å². The lowest BCUT2D eigenvalue weighted by Gasteiger charge is -2.11. The summed E-state index contributed by atoms with van der Waals surface area (Å²) >= 11 is 5.78. The highest BCUT2D eigenvalue weighted by atomic mass is 35.5. The van der Waals surface area contributed by atoms with Gasteiger partial charge in [-0.1, -0.05) is 23.7 Å². The molecule has 2 rings (SSSR count). The van der Waals surface area contributed by atoms with Crippen molar-refractivity contribution in [3.63, 3.8) is 0 Å². The van der Waals surface area contributed by atoms with Crippen molar-refractivity contribution in [3.05, 3.63) is 64.7 Å². The lowest BCUT2D eigenvalue weighted by atomic mass is 10.1. The summed E-state index contributed by atoms with van der Waals surface area (Å²) < 4.78 is 0. The largest absolute Gasteiger partial charge is 0.370 e. The van der Waals surface area contributed by atoms with Crippen molar-refractivity contribution >= 4 is 40.9 Å². The molecule has 2 aromatic carbocycles. The number of carbonyl (C=O) groups is 4. The molecule has 29 heavy (non-hydrogen) atoms. The minimum atomic E-state index is -0.521. The van der Waals surface area contributed by atoms with Crippen LogP contribution in [-0.4, -0.2) is 36.7 Å². The molecule has 0 aliphatic heterocycles. The third kappa shape index (κ3) is 7.27. The maximum Gasteiger partial charge on any atom is 0.253 e. The summed E-state index contributed by atoms with van der Waals surface area (Å²) in [7, 11) is 0. The molecule has 0 aliphatic rings. The SMILES string of the molecule is NC(=O)CCNC(=O)c1ccccc1NC(=O)CCNC(=O)c1ccc(Cl)cc1. The van der Waals surface area contributed by atoms with Crippen LogP contribution in [-0.2, 0) is 9.59 Å². The summed E-state index contributed by atoms with van der Waals surface area (Å²) in [5.74, 6) is -1.63. The predicted molar refractivity (Wildman–Crippen MR) is 110 cm³/mol. The molecule has 0 spiro atoms. The van der Waals surface area contributed by atoms with E-state index in [9.17, 15) is 19.2 Å². The van der Waals surface area contributed by atoms with Crippen LogP contribution in [0, 0.1) is 0 Å². The Kier molecular flexibility index (Phi) is 8.17. The average molecular weight is 417 g/mol. The number of nitrogens with one attached hydrogen (secondary N) is 3. The van der Waals surface area contributed by atoms with E-state index in [0.717, 1.165) is 0 Å². The van der Waals surface area contributed by atoms with E-state index < -0.39 is 11.8 Å². The average Bonchev–Trinajstić information content (AvgIpc) is 2.68. The van der Waals surface area contributed by atoms with Gasteiger partial charge in [0.15, 0.2) is 0 Å². The topological polar surface area (TPSA) is 130 Å². The Bertz CT molecular complexity index is 900. The minimum absolute atomic E-state index is 0.0214. The van der Waals surface area contributed by atoms with Crippen LogP contribution in [0.25, 0.3) is 0 Å². The molecule has 0 saturated heterocycles. The van der Waals surface area contributed by atoms with E-state index >= 15 is 0 Å². The van der Waals surface area contributed by atoms with Crippen LogP contribution < -0.4 is 21.7 Å². The Morgan fingerprint density at radius 1 is 0.828 bits per heavy atom. The van der Waals surface area contributed by atoms with Crippen LogP contribution in [0.2, 0.25) is 5.02 Å². The van der Waals surface area contributed by atoms with Gasteiger partial charge in [-0.25, -0.2) is 0 Å². The maximum atomic E-state index is 12.2. The molecule has 9 heteroatoms. The van der Waals surface area contributed by atoms with E-state index in [1.807, 2.05) is 0 Å². The molecule has 4 amide bonds. The predicted octanol–water partition coefficient (Wildman–Crippen LogP) is 1.70. The van der Waals surface area contributed by atoms with E-state index in [2.05, 4.69) is 16.0 Å². The second-order valence-electron chi connectivity index (χ2n) is 6.08. The van der Waals surface area contributed by atoms with Crippen molar-refractivity contribution in [1.82, 2.24) is 10.6 Å². The molecule has 0 heterocycles. The lowest BCUT2D eigenvalue weighted by Crippen LogP contribution is -2.30. The van der Waals surface area contributed by atoms with Crippen LogP contribution in [0.4, 0.5) is 5.69 Å². The summed E-state index contributed by atoms with van der Waals surface area (Å²) in [4.78, 5) is 47.2. The summed E-state index contributed by atoms with van der Waals surface area (Å²) in [5.41, 5.74) is 6.07. The zero-order chi connectivity index (χ0) is 21.2. The third-order valence-corrected chi connectivity index (χ3v) is 4.10. The molecule has 0 bridgehead atoms. The molecular weight excluding hydrogens is 396 g/mol. The van der Waals surface area contributed by atoms with Gasteiger partial charge in [0.2, 0.25) is 11.8 Å². The number of amides is 4. The monoisotopic (exact) mass is 416 g/mol. The smallest absolute Gasteiger partial charge is 0.253 e. The van der Waals surface area contributed by atoms with E-state index in [1.54, 1.807) is 48.5 Å². The van der Waals surface area contributed by atoms with Crippen LogP contribution >= 0.6 is 11.6 Å². The lowest BCUT2D eigenvalue weighted by molar-refractivity contribution is -0.118. The molecule has 152 valence electrons. The summed E-state index contributed by atoms with van der Waals surface area (Å²) in [6.45, 7) is 0.230. The van der Waals surface area contributed by atoms with Gasteiger partial charge in [-0.15, -0.1) is 0 Å². The van der Waals surface area contributed by atoms with Gasteiger partial charge in [0.1, 0.15) is 0 Å². The summed E-state index contributed by atoms with van der Waals surface area (Å²) in [6.07, 6.45) is 0.0462. The molecule has 0 radical (unpaired) electrons. The van der Waals surface area contributed by atoms with E-state index in [0.29, 0.717) is 16.3 Å². The molecular formula is C20H21ClN4O4. The number of hydrogen-bond acceptors (Lipinski definition) is 4. The number of benzene rings is 2. The number of primary amides is 1. The molecule has 0 aliphatic carbocycles. The van der Waals surface area contributed by atoms with Crippen molar-refractivity contribution in [2.24, 2.45) is 5.73 Å². The molecule has 0 aromatic heterocycles. The van der Waals surface area contributed by atoms with Crippen molar-refractivity contribution in [3.8, 4) is 0 Å². The second kappa shape index (κ2) is 10.8. The number of hydrogen-bond donors (Lipinski definition) is 4. The highest BCUT2D eigenvalue weighted by Gasteiger charge is 2.13. The second-order valence-corrected chi connectivity index (χ2v) is 6.52. The van der Waals surface area contributed by atoms with Crippen molar-refractivity contribution in [2.75, 3.05) is 18.4 Å². The van der Waals surface area contributed by atoms with Gasteiger partial charge in [0, 0.05) is 36.5 Å². The summed E-state index contributed by atoms with van der Waals surface area (Å²) in [5, 5.41) is 8.39. The zero-order valence-corrected chi connectivity index (χ0v) is 16.3. The molecule has 5 N–H and O–H groups in total. The normalized spacial score (nSPS) is 10.1. The van der Waals surface area contributed by atoms with Gasteiger partial charge in [0.25, 0.3) is 11.8 Å². The van der Waals surface area contributed by atoms with Crippen LogP contribution in [0.15, 0.2) is 48.5 Å². The minimum Gasteiger partial charge on any atom is -0.370 e. The number of anilines is 1. The third-order valence-electron chi connectivity index (χ3n) is 3.85. The van der Waals surface area contributed by atoms with Gasteiger partial charge in [0.05, 0.1) is 11.3 Å². The molecule has 2 aromatic rings. The summed E-state index contributed by atoms with van der Waals surface area (Å²) in [6, 6.07) is 12.9. The number of carbonyl (C=O) groups excluding carboxylic acids is 4. The molecule has 8 nitrogen and oxygen atoms in total. The number of para-hydroxylation sites is 1. The quantitative estimate of drug-likeness (QED) is 0.495. The Labute approximate surface area is 172 Å². The van der Waals surface area contributed by atoms with Crippen molar-refractivity contribution in [1.29, 1.82) is 0 Å². The van der Waals surface area contributed by atoms with E-state index in [1.165, 1.54) is 0 Å². The van der Waals surface area contributed by atoms with Gasteiger partial charge in [-0.05, 0) is 36.4 Å². The Morgan fingerprint density at radius 2 is 1.45 bits per heavy atom. The van der Waals surface area contributed by atoms with Crippen molar-refractivity contribution in [2.45, 2.75) is 12.8 Å². The Morgan fingerprint density at radius 3 is 2.14 bits per heavy atom. The first-order valence-corrected chi connectivity index (χ1v) is 9.24.